The van der Waals surface area contributed by atoms with E-state index in [-0.39, 0.29) is 12.5 Å². The number of hydrogen-bond donors (Lipinski definition) is 0. The van der Waals surface area contributed by atoms with Gasteiger partial charge in [-0.3, -0.25) is 9.48 Å². The van der Waals surface area contributed by atoms with Crippen LogP contribution in [0.3, 0.4) is 0 Å². The molecular formula is C28H32N4OS. The van der Waals surface area contributed by atoms with Crippen LogP contribution in [0.2, 0.25) is 0 Å². The summed E-state index contributed by atoms with van der Waals surface area (Å²) in [7, 11) is 0. The van der Waals surface area contributed by atoms with Crippen LogP contribution >= 0.6 is 11.3 Å². The van der Waals surface area contributed by atoms with Crippen molar-refractivity contribution in [3.63, 3.8) is 0 Å². The summed E-state index contributed by atoms with van der Waals surface area (Å²) in [6.45, 7) is 14.2. The molecule has 1 aromatic carbocycles. The van der Waals surface area contributed by atoms with Gasteiger partial charge in [-0.05, 0) is 44.9 Å². The zero-order valence-corrected chi connectivity index (χ0v) is 21.3. The first-order valence-electron chi connectivity index (χ1n) is 11.7. The Labute approximate surface area is 206 Å². The Hall–Kier alpha value is -3.25. The van der Waals surface area contributed by atoms with Crippen molar-refractivity contribution in [1.82, 2.24) is 19.7 Å². The molecule has 3 aromatic rings. The highest BCUT2D eigenvalue weighted by molar-refractivity contribution is 7.11. The minimum absolute atomic E-state index is 0.0836. The summed E-state index contributed by atoms with van der Waals surface area (Å²) in [5.74, 6) is 0.0836. The number of thiazole rings is 1. The number of fused-ring (bicyclic) bond motifs is 1. The maximum Gasteiger partial charge on any atom is 0.244 e. The molecule has 0 bridgehead atoms. The Balaban J connectivity index is 1.56. The fourth-order valence-electron chi connectivity index (χ4n) is 3.98. The van der Waals surface area contributed by atoms with Crippen molar-refractivity contribution in [1.29, 1.82) is 0 Å². The van der Waals surface area contributed by atoms with Crippen molar-refractivity contribution in [2.75, 3.05) is 13.1 Å². The van der Waals surface area contributed by atoms with E-state index in [1.54, 1.807) is 11.3 Å². The van der Waals surface area contributed by atoms with E-state index in [0.29, 0.717) is 6.54 Å². The van der Waals surface area contributed by atoms with Gasteiger partial charge in [-0.25, -0.2) is 4.98 Å². The van der Waals surface area contributed by atoms with Crippen molar-refractivity contribution < 1.29 is 4.79 Å². The summed E-state index contributed by atoms with van der Waals surface area (Å²) in [6, 6.07) is 12.1. The number of carbonyl (C=O) groups is 1. The molecule has 5 nitrogen and oxygen atoms in total. The average Bonchev–Trinajstić information content (AvgIpc) is 3.34. The molecule has 0 spiro atoms. The molecule has 4 rings (SSSR count). The lowest BCUT2D eigenvalue weighted by Gasteiger charge is -2.20. The van der Waals surface area contributed by atoms with E-state index in [1.807, 2.05) is 59.0 Å². The lowest BCUT2D eigenvalue weighted by molar-refractivity contribution is -0.131. The van der Waals surface area contributed by atoms with Crippen molar-refractivity contribution in [2.45, 2.75) is 47.1 Å². The number of hydrogen-bond acceptors (Lipinski definition) is 4. The Morgan fingerprint density at radius 3 is 2.59 bits per heavy atom. The Kier molecular flexibility index (Phi) is 7.27. The number of nitrogens with zero attached hydrogens (tertiary/aromatic N) is 4. The zero-order chi connectivity index (χ0) is 24.2. The molecule has 176 valence electrons. The fraction of sp³-hybridized carbons (Fsp3) is 0.321. The minimum atomic E-state index is 0.0836. The number of amides is 1. The number of carbonyl (C=O) groups excluding carboxylic acids is 1. The van der Waals surface area contributed by atoms with Gasteiger partial charge in [-0.15, -0.1) is 11.3 Å². The molecule has 1 aliphatic rings. The molecule has 1 amide bonds. The first kappa shape index (κ1) is 23.9. The monoisotopic (exact) mass is 472 g/mol. The Morgan fingerprint density at radius 2 is 1.85 bits per heavy atom. The van der Waals surface area contributed by atoms with Gasteiger partial charge in [0.15, 0.2) is 0 Å². The van der Waals surface area contributed by atoms with Crippen molar-refractivity contribution in [2.24, 2.45) is 0 Å². The summed E-state index contributed by atoms with van der Waals surface area (Å²) in [4.78, 5) is 21.2. The predicted molar refractivity (Wildman–Crippen MR) is 141 cm³/mol. The molecule has 34 heavy (non-hydrogen) atoms. The lowest BCUT2D eigenvalue weighted by Crippen LogP contribution is -2.36. The van der Waals surface area contributed by atoms with Crippen molar-refractivity contribution >= 4 is 22.8 Å². The maximum atomic E-state index is 13.3. The van der Waals surface area contributed by atoms with Crippen LogP contribution < -0.4 is 0 Å². The zero-order valence-electron chi connectivity index (χ0n) is 20.5. The van der Waals surface area contributed by atoms with Gasteiger partial charge in [0.25, 0.3) is 0 Å². The van der Waals surface area contributed by atoms with Gasteiger partial charge in [0, 0.05) is 30.8 Å². The summed E-state index contributed by atoms with van der Waals surface area (Å²) < 4.78 is 1.82. The summed E-state index contributed by atoms with van der Waals surface area (Å²) >= 11 is 1.75. The van der Waals surface area contributed by atoms with Crippen LogP contribution in [0.5, 0.6) is 0 Å². The SMILES string of the molecule is C=C(/C=C\C(C)=C(C)C)c1cc(-c2ccccc2)n(CC(=O)N2CCc3nc(C)sc3CC2)n1. The standard InChI is InChI=1S/C28H32N4OS/c1-19(2)20(3)11-12-21(4)25-17-26(23-9-7-6-8-10-23)32(30-25)18-28(33)31-15-13-24-27(14-16-31)34-22(5)29-24/h6-12,17H,4,13-16,18H2,1-3,5H3/b12-11-. The third-order valence-electron chi connectivity index (χ3n) is 6.25. The minimum Gasteiger partial charge on any atom is -0.340 e. The highest BCUT2D eigenvalue weighted by atomic mass is 32.1. The van der Waals surface area contributed by atoms with E-state index < -0.39 is 0 Å². The van der Waals surface area contributed by atoms with Gasteiger partial charge < -0.3 is 4.90 Å². The first-order chi connectivity index (χ1) is 16.3. The number of aryl methyl sites for hydroxylation is 1. The van der Waals surface area contributed by atoms with Crippen molar-refractivity contribution in [3.05, 3.63) is 87.5 Å². The highest BCUT2D eigenvalue weighted by Crippen LogP contribution is 2.26. The van der Waals surface area contributed by atoms with Gasteiger partial charge >= 0.3 is 0 Å². The number of benzene rings is 1. The molecular weight excluding hydrogens is 440 g/mol. The Bertz CT molecular complexity index is 1230. The molecule has 2 aromatic heterocycles. The fourth-order valence-corrected chi connectivity index (χ4v) is 4.95. The smallest absolute Gasteiger partial charge is 0.244 e. The summed E-state index contributed by atoms with van der Waals surface area (Å²) in [5, 5.41) is 5.91. The predicted octanol–water partition coefficient (Wildman–Crippen LogP) is 5.87. The molecule has 0 N–H and O–H groups in total. The van der Waals surface area contributed by atoms with Crippen LogP contribution in [0.15, 0.2) is 66.3 Å². The number of allylic oxidation sites excluding steroid dienone is 5. The molecule has 0 saturated heterocycles. The van der Waals surface area contributed by atoms with Gasteiger partial charge in [0.05, 0.1) is 22.1 Å². The molecule has 0 unspecified atom stereocenters. The maximum absolute atomic E-state index is 13.3. The molecule has 3 heterocycles. The Morgan fingerprint density at radius 1 is 1.12 bits per heavy atom. The largest absolute Gasteiger partial charge is 0.340 e. The van der Waals surface area contributed by atoms with Crippen LogP contribution in [-0.2, 0) is 24.2 Å². The van der Waals surface area contributed by atoms with Gasteiger partial charge in [-0.1, -0.05) is 60.2 Å². The van der Waals surface area contributed by atoms with Crippen LogP contribution in [0.25, 0.3) is 16.8 Å². The molecule has 0 aliphatic carbocycles. The molecule has 0 radical (unpaired) electrons. The van der Waals surface area contributed by atoms with E-state index in [1.165, 1.54) is 16.0 Å². The second-order valence-corrected chi connectivity index (χ2v) is 10.3. The number of aromatic nitrogens is 3. The topological polar surface area (TPSA) is 51.0 Å². The van der Waals surface area contributed by atoms with Crippen LogP contribution in [0.4, 0.5) is 0 Å². The summed E-state index contributed by atoms with van der Waals surface area (Å²) in [6.07, 6.45) is 5.74. The highest BCUT2D eigenvalue weighted by Gasteiger charge is 2.22. The average molecular weight is 473 g/mol. The van der Waals surface area contributed by atoms with Crippen molar-refractivity contribution in [3.8, 4) is 11.3 Å². The second kappa shape index (κ2) is 10.3. The molecule has 1 aliphatic heterocycles. The third-order valence-corrected chi connectivity index (χ3v) is 7.32. The van der Waals surface area contributed by atoms with E-state index in [2.05, 4.69) is 38.4 Å². The van der Waals surface area contributed by atoms with E-state index in [4.69, 9.17) is 5.10 Å². The van der Waals surface area contributed by atoms with Gasteiger partial charge in [-0.2, -0.15) is 5.10 Å². The lowest BCUT2D eigenvalue weighted by atomic mass is 10.1. The third kappa shape index (κ3) is 5.45. The molecule has 0 atom stereocenters. The number of rotatable bonds is 6. The molecule has 6 heteroatoms. The van der Waals surface area contributed by atoms with Crippen LogP contribution in [-0.4, -0.2) is 38.7 Å². The summed E-state index contributed by atoms with van der Waals surface area (Å²) in [5.41, 5.74) is 7.18. The van der Waals surface area contributed by atoms with Gasteiger partial charge in [0.1, 0.15) is 6.54 Å². The van der Waals surface area contributed by atoms with Crippen LogP contribution in [0.1, 0.15) is 42.0 Å². The second-order valence-electron chi connectivity index (χ2n) is 8.96. The van der Waals surface area contributed by atoms with E-state index in [0.717, 1.165) is 52.6 Å². The van der Waals surface area contributed by atoms with Gasteiger partial charge in [0.2, 0.25) is 5.91 Å². The van der Waals surface area contributed by atoms with E-state index in [9.17, 15) is 4.79 Å². The molecule has 0 fully saturated rings. The van der Waals surface area contributed by atoms with E-state index >= 15 is 0 Å². The quantitative estimate of drug-likeness (QED) is 0.422. The van der Waals surface area contributed by atoms with Crippen LogP contribution in [0, 0.1) is 6.92 Å². The normalized spacial score (nSPS) is 13.6. The first-order valence-corrected chi connectivity index (χ1v) is 12.5. The molecule has 0 saturated carbocycles.